The van der Waals surface area contributed by atoms with Gasteiger partial charge < -0.3 is 74.7 Å². The summed E-state index contributed by atoms with van der Waals surface area (Å²) in [5.41, 5.74) is 0.334. The van der Waals surface area contributed by atoms with Crippen molar-refractivity contribution in [1.82, 2.24) is 0 Å². The monoisotopic (exact) mass is 596 g/mol. The lowest BCUT2D eigenvalue weighted by Gasteiger charge is -2.43. The second-order valence-corrected chi connectivity index (χ2v) is 10.3. The number of hydrogen-bond donors (Lipinski definition) is 10. The molecule has 42 heavy (non-hydrogen) atoms. The maximum atomic E-state index is 10.7. The van der Waals surface area contributed by atoms with Crippen LogP contribution in [0.25, 0.3) is 6.08 Å². The minimum Gasteiger partial charge on any atom is -0.508 e. The van der Waals surface area contributed by atoms with Crippen molar-refractivity contribution in [3.05, 3.63) is 47.2 Å². The number of ether oxygens (including phenoxy) is 5. The van der Waals surface area contributed by atoms with Crippen molar-refractivity contribution in [2.24, 2.45) is 0 Å². The number of aliphatic hydroxyl groups is 6. The van der Waals surface area contributed by atoms with Gasteiger partial charge in [-0.2, -0.15) is 0 Å². The van der Waals surface area contributed by atoms with Gasteiger partial charge in [0.25, 0.3) is 0 Å². The first kappa shape index (κ1) is 30.1. The molecule has 5 rings (SSSR count). The van der Waals surface area contributed by atoms with Crippen molar-refractivity contribution in [1.29, 1.82) is 0 Å². The molecule has 10 N–H and O–H groups in total. The van der Waals surface area contributed by atoms with Gasteiger partial charge in [0.15, 0.2) is 23.9 Å². The van der Waals surface area contributed by atoms with E-state index in [1.54, 1.807) is 0 Å². The molecule has 0 spiro atoms. The maximum absolute atomic E-state index is 10.7. The Hall–Kier alpha value is -3.38. The van der Waals surface area contributed by atoms with Gasteiger partial charge in [-0.25, -0.2) is 0 Å². The molecule has 0 saturated carbocycles. The third kappa shape index (κ3) is 5.66. The average Bonchev–Trinajstić information content (AvgIpc) is 2.95. The number of benzene rings is 2. The van der Waals surface area contributed by atoms with Gasteiger partial charge in [-0.3, -0.25) is 0 Å². The molecule has 0 aromatic heterocycles. The fourth-order valence-electron chi connectivity index (χ4n) is 4.90. The molecule has 3 aliphatic heterocycles. The van der Waals surface area contributed by atoms with Crippen LogP contribution in [-0.2, 0) is 18.9 Å². The fourth-order valence-corrected chi connectivity index (χ4v) is 4.90. The van der Waals surface area contributed by atoms with Crippen LogP contribution in [0.2, 0.25) is 0 Å². The molecule has 2 aromatic carbocycles. The number of fused-ring (bicyclic) bond motifs is 1. The van der Waals surface area contributed by atoms with Gasteiger partial charge in [-0.1, -0.05) is 6.07 Å². The van der Waals surface area contributed by atoms with Crippen LogP contribution in [-0.4, -0.2) is 119 Å². The molecule has 0 bridgehead atoms. The molecule has 0 aliphatic carbocycles. The molecule has 2 saturated heterocycles. The molecule has 0 radical (unpaired) electrons. The van der Waals surface area contributed by atoms with E-state index >= 15 is 0 Å². The number of aromatic hydroxyl groups is 4. The first-order chi connectivity index (χ1) is 19.8. The Bertz CT molecular complexity index is 1320. The highest BCUT2D eigenvalue weighted by Crippen LogP contribution is 2.45. The second-order valence-electron chi connectivity index (χ2n) is 10.3. The van der Waals surface area contributed by atoms with Crippen LogP contribution in [0, 0.1) is 0 Å². The Labute approximate surface area is 238 Å². The van der Waals surface area contributed by atoms with E-state index in [4.69, 9.17) is 23.7 Å². The predicted molar refractivity (Wildman–Crippen MR) is 137 cm³/mol. The molecule has 2 aromatic rings. The third-order valence-corrected chi connectivity index (χ3v) is 7.35. The Kier molecular flexibility index (Phi) is 8.39. The standard InChI is InChI=1S/C27H32O15/c1-9-19(32)21(34)23(36)26(39-9)38-8-18-20(33)22(35)24(37)27(42-18)41-17-7-12-14(30)5-11(28)6-16(12)40-25(17)10-2-3-13(29)15(31)4-10/h2-7,9,18-37H,8H2,1H3/t9-,18-,19+,20+,21-,22+,23+,24-,25?,26-,27+/m0/s1. The van der Waals surface area contributed by atoms with Crippen LogP contribution >= 0.6 is 0 Å². The first-order valence-electron chi connectivity index (χ1n) is 13.0. The molecular weight excluding hydrogens is 564 g/mol. The number of rotatable bonds is 6. The second kappa shape index (κ2) is 11.7. The van der Waals surface area contributed by atoms with E-state index in [2.05, 4.69) is 0 Å². The largest absolute Gasteiger partial charge is 0.508 e. The van der Waals surface area contributed by atoms with Crippen molar-refractivity contribution in [2.45, 2.75) is 74.4 Å². The van der Waals surface area contributed by atoms with E-state index < -0.39 is 85.6 Å². The zero-order valence-electron chi connectivity index (χ0n) is 22.0. The summed E-state index contributed by atoms with van der Waals surface area (Å²) >= 11 is 0. The van der Waals surface area contributed by atoms with Crippen LogP contribution < -0.4 is 4.74 Å². The number of hydrogen-bond acceptors (Lipinski definition) is 15. The minimum atomic E-state index is -1.81. The molecule has 230 valence electrons. The minimum absolute atomic E-state index is 0.0387. The molecule has 11 atom stereocenters. The van der Waals surface area contributed by atoms with Crippen molar-refractivity contribution in [3.63, 3.8) is 0 Å². The smallest absolute Gasteiger partial charge is 0.228 e. The molecule has 0 amide bonds. The lowest BCUT2D eigenvalue weighted by Crippen LogP contribution is -2.61. The first-order valence-corrected chi connectivity index (χ1v) is 13.0. The van der Waals surface area contributed by atoms with E-state index in [9.17, 15) is 51.1 Å². The normalized spacial score (nSPS) is 36.5. The van der Waals surface area contributed by atoms with Gasteiger partial charge in [-0.15, -0.1) is 0 Å². The summed E-state index contributed by atoms with van der Waals surface area (Å²) in [5, 5.41) is 102. The van der Waals surface area contributed by atoms with E-state index in [0.717, 1.165) is 6.07 Å². The number of phenols is 4. The van der Waals surface area contributed by atoms with Gasteiger partial charge in [0, 0.05) is 17.7 Å². The van der Waals surface area contributed by atoms with E-state index in [0.29, 0.717) is 0 Å². The molecule has 3 aliphatic rings. The van der Waals surface area contributed by atoms with Crippen LogP contribution in [0.3, 0.4) is 0 Å². The molecular formula is C27H32O15. The van der Waals surface area contributed by atoms with Gasteiger partial charge in [0.2, 0.25) is 6.29 Å². The van der Waals surface area contributed by atoms with Crippen molar-refractivity contribution < 1.29 is 74.7 Å². The maximum Gasteiger partial charge on any atom is 0.228 e. The summed E-state index contributed by atoms with van der Waals surface area (Å²) in [6, 6.07) is 6.06. The molecule has 15 heteroatoms. The molecule has 3 heterocycles. The lowest BCUT2D eigenvalue weighted by molar-refractivity contribution is -0.324. The predicted octanol–water partition coefficient (Wildman–Crippen LogP) is -1.35. The summed E-state index contributed by atoms with van der Waals surface area (Å²) in [5.74, 6) is -1.63. The Morgan fingerprint density at radius 3 is 2.12 bits per heavy atom. The van der Waals surface area contributed by atoms with Gasteiger partial charge in [0.05, 0.1) is 18.3 Å². The molecule has 1 unspecified atom stereocenters. The van der Waals surface area contributed by atoms with Crippen LogP contribution in [0.1, 0.15) is 24.2 Å². The zero-order chi connectivity index (χ0) is 30.5. The van der Waals surface area contributed by atoms with Crippen molar-refractivity contribution in [3.8, 4) is 28.7 Å². The Morgan fingerprint density at radius 2 is 1.40 bits per heavy atom. The highest BCUT2D eigenvalue weighted by atomic mass is 16.7. The van der Waals surface area contributed by atoms with Gasteiger partial charge in [0.1, 0.15) is 65.7 Å². The summed E-state index contributed by atoms with van der Waals surface area (Å²) < 4.78 is 28.4. The SMILES string of the molecule is C[C@@H]1O[C@H](OC[C@@H]2O[C@@H](OC3=Cc4c(O)cc(O)cc4OC3c3ccc(O)c(O)c3)[C@@H](O)[C@H](O)[C@@H]2O)[C@H](O)[C@@H](O)[C@@H]1O. The van der Waals surface area contributed by atoms with E-state index in [-0.39, 0.29) is 34.1 Å². The Balaban J connectivity index is 1.39. The summed E-state index contributed by atoms with van der Waals surface area (Å²) in [4.78, 5) is 0. The lowest BCUT2D eigenvalue weighted by atomic mass is 9.98. The van der Waals surface area contributed by atoms with Crippen LogP contribution in [0.5, 0.6) is 28.7 Å². The quantitative estimate of drug-likeness (QED) is 0.173. The highest BCUT2D eigenvalue weighted by molar-refractivity contribution is 5.69. The Morgan fingerprint density at radius 1 is 0.714 bits per heavy atom. The molecule has 2 fully saturated rings. The van der Waals surface area contributed by atoms with Gasteiger partial charge >= 0.3 is 0 Å². The number of aliphatic hydroxyl groups excluding tert-OH is 6. The zero-order valence-corrected chi connectivity index (χ0v) is 22.0. The number of phenolic OH excluding ortho intramolecular Hbond substituents is 4. The average molecular weight is 597 g/mol. The fraction of sp³-hybridized carbons (Fsp3) is 0.481. The molecule has 15 nitrogen and oxygen atoms in total. The topological polar surface area (TPSA) is 248 Å². The highest BCUT2D eigenvalue weighted by Gasteiger charge is 2.48. The summed E-state index contributed by atoms with van der Waals surface area (Å²) in [6.45, 7) is 0.934. The van der Waals surface area contributed by atoms with Crippen LogP contribution in [0.15, 0.2) is 36.1 Å². The van der Waals surface area contributed by atoms with E-state index in [1.165, 1.54) is 37.3 Å². The van der Waals surface area contributed by atoms with E-state index in [1.807, 2.05) is 0 Å². The van der Waals surface area contributed by atoms with Crippen LogP contribution in [0.4, 0.5) is 0 Å². The van der Waals surface area contributed by atoms with Gasteiger partial charge in [-0.05, 0) is 25.1 Å². The van der Waals surface area contributed by atoms with Crippen molar-refractivity contribution >= 4 is 6.08 Å². The summed E-state index contributed by atoms with van der Waals surface area (Å²) in [6.07, 6.45) is -15.1. The third-order valence-electron chi connectivity index (χ3n) is 7.35. The summed E-state index contributed by atoms with van der Waals surface area (Å²) in [7, 11) is 0. The van der Waals surface area contributed by atoms with Crippen molar-refractivity contribution in [2.75, 3.05) is 6.61 Å².